The summed E-state index contributed by atoms with van der Waals surface area (Å²) in [4.78, 5) is 13.9. The Morgan fingerprint density at radius 1 is 1.00 bits per heavy atom. The fraction of sp³-hybridized carbons (Fsp3) is 0.524. The van der Waals surface area contributed by atoms with Crippen LogP contribution in [0.25, 0.3) is 0 Å². The maximum atomic E-state index is 5.25. The van der Waals surface area contributed by atoms with Crippen LogP contribution in [-0.2, 0) is 12.8 Å². The van der Waals surface area contributed by atoms with Gasteiger partial charge in [0, 0.05) is 56.2 Å². The van der Waals surface area contributed by atoms with Crippen LogP contribution in [0.2, 0.25) is 0 Å². The van der Waals surface area contributed by atoms with Crippen molar-refractivity contribution in [2.75, 3.05) is 56.6 Å². The van der Waals surface area contributed by atoms with E-state index in [9.17, 15) is 0 Å². The smallest absolute Gasteiger partial charge is 0.132 e. The highest BCUT2D eigenvalue weighted by Gasteiger charge is 2.18. The molecule has 0 radical (unpaired) electrons. The molecule has 1 aromatic heterocycles. The second-order valence-electron chi connectivity index (χ2n) is 7.31. The van der Waals surface area contributed by atoms with E-state index in [-0.39, 0.29) is 0 Å². The number of benzene rings is 1. The highest BCUT2D eigenvalue weighted by atomic mass is 16.5. The molecule has 2 aliphatic rings. The van der Waals surface area contributed by atoms with E-state index in [1.165, 1.54) is 29.8 Å². The number of aromatic nitrogens is 2. The summed E-state index contributed by atoms with van der Waals surface area (Å²) in [5.41, 5.74) is 3.86. The number of anilines is 2. The van der Waals surface area contributed by atoms with Crippen molar-refractivity contribution in [2.24, 2.45) is 0 Å². The summed E-state index contributed by atoms with van der Waals surface area (Å²) in [5, 5.41) is 3.56. The van der Waals surface area contributed by atoms with Crippen LogP contribution in [0, 0.1) is 0 Å². The Bertz CT molecular complexity index is 741. The zero-order valence-corrected chi connectivity index (χ0v) is 16.2. The summed E-state index contributed by atoms with van der Waals surface area (Å²) in [6.07, 6.45) is 6.42. The van der Waals surface area contributed by atoms with E-state index in [4.69, 9.17) is 4.74 Å². The highest BCUT2D eigenvalue weighted by molar-refractivity contribution is 5.49. The fourth-order valence-electron chi connectivity index (χ4n) is 4.03. The van der Waals surface area contributed by atoms with Gasteiger partial charge in [0.25, 0.3) is 0 Å². The Labute approximate surface area is 161 Å². The molecule has 1 aliphatic heterocycles. The molecule has 0 saturated carbocycles. The second kappa shape index (κ2) is 8.57. The SMILES string of the molecule is COc1ccc(N2CCN(CCNc3ncnc4c3CCCC4)CC2)cc1. The van der Waals surface area contributed by atoms with Crippen LogP contribution in [-0.4, -0.2) is 61.2 Å². The molecule has 1 fully saturated rings. The molecule has 0 unspecified atom stereocenters. The van der Waals surface area contributed by atoms with Gasteiger partial charge < -0.3 is 15.0 Å². The Kier molecular flexibility index (Phi) is 5.72. The minimum absolute atomic E-state index is 0.912. The zero-order valence-electron chi connectivity index (χ0n) is 16.2. The lowest BCUT2D eigenvalue weighted by Gasteiger charge is -2.36. The molecule has 1 N–H and O–H groups in total. The molecule has 0 spiro atoms. The highest BCUT2D eigenvalue weighted by Crippen LogP contribution is 2.24. The number of methoxy groups -OCH3 is 1. The number of aryl methyl sites for hydroxylation is 1. The van der Waals surface area contributed by atoms with E-state index in [1.54, 1.807) is 13.4 Å². The molecule has 1 saturated heterocycles. The van der Waals surface area contributed by atoms with Gasteiger partial charge in [0.2, 0.25) is 0 Å². The van der Waals surface area contributed by atoms with Gasteiger partial charge in [0.05, 0.1) is 7.11 Å². The van der Waals surface area contributed by atoms with Crippen molar-refractivity contribution >= 4 is 11.5 Å². The number of nitrogens with one attached hydrogen (secondary N) is 1. The summed E-state index contributed by atoms with van der Waals surface area (Å²) in [5.74, 6) is 1.96. The van der Waals surface area contributed by atoms with Crippen LogP contribution in [0.4, 0.5) is 11.5 Å². The third-order valence-electron chi connectivity index (χ3n) is 5.66. The topological polar surface area (TPSA) is 53.5 Å². The first-order valence-electron chi connectivity index (χ1n) is 10.0. The first-order chi connectivity index (χ1) is 13.3. The van der Waals surface area contributed by atoms with Crippen molar-refractivity contribution in [3.05, 3.63) is 41.9 Å². The third kappa shape index (κ3) is 4.33. The maximum absolute atomic E-state index is 5.25. The Morgan fingerprint density at radius 3 is 2.56 bits per heavy atom. The molecular weight excluding hydrogens is 338 g/mol. The van der Waals surface area contributed by atoms with Crippen molar-refractivity contribution in [1.82, 2.24) is 14.9 Å². The lowest BCUT2D eigenvalue weighted by molar-refractivity contribution is 0.267. The fourth-order valence-corrected chi connectivity index (χ4v) is 4.03. The minimum Gasteiger partial charge on any atom is -0.497 e. The lowest BCUT2D eigenvalue weighted by Crippen LogP contribution is -2.47. The van der Waals surface area contributed by atoms with Crippen LogP contribution >= 0.6 is 0 Å². The Morgan fingerprint density at radius 2 is 1.78 bits per heavy atom. The number of hydrogen-bond donors (Lipinski definition) is 1. The molecule has 0 bridgehead atoms. The molecule has 1 aliphatic carbocycles. The molecule has 0 amide bonds. The van der Waals surface area contributed by atoms with Gasteiger partial charge in [-0.1, -0.05) is 0 Å². The van der Waals surface area contributed by atoms with Gasteiger partial charge in [0.15, 0.2) is 0 Å². The summed E-state index contributed by atoms with van der Waals surface area (Å²) >= 11 is 0. The zero-order chi connectivity index (χ0) is 18.5. The van der Waals surface area contributed by atoms with E-state index in [0.29, 0.717) is 0 Å². The van der Waals surface area contributed by atoms with Crippen molar-refractivity contribution < 1.29 is 4.74 Å². The molecule has 2 aromatic rings. The van der Waals surface area contributed by atoms with E-state index < -0.39 is 0 Å². The number of nitrogens with zero attached hydrogens (tertiary/aromatic N) is 4. The van der Waals surface area contributed by atoms with E-state index in [0.717, 1.165) is 63.7 Å². The van der Waals surface area contributed by atoms with Crippen molar-refractivity contribution in [3.63, 3.8) is 0 Å². The van der Waals surface area contributed by atoms with E-state index in [2.05, 4.69) is 37.2 Å². The van der Waals surface area contributed by atoms with Crippen LogP contribution in [0.5, 0.6) is 5.75 Å². The molecule has 1 aromatic carbocycles. The number of hydrogen-bond acceptors (Lipinski definition) is 6. The predicted octanol–water partition coefficient (Wildman–Crippen LogP) is 2.60. The summed E-state index contributed by atoms with van der Waals surface area (Å²) in [6.45, 7) is 6.30. The molecule has 6 nitrogen and oxygen atoms in total. The first kappa shape index (κ1) is 18.0. The van der Waals surface area contributed by atoms with Gasteiger partial charge in [-0.3, -0.25) is 4.90 Å². The normalized spacial score (nSPS) is 17.4. The van der Waals surface area contributed by atoms with Gasteiger partial charge in [-0.2, -0.15) is 0 Å². The Balaban J connectivity index is 1.24. The third-order valence-corrected chi connectivity index (χ3v) is 5.66. The van der Waals surface area contributed by atoms with Crippen molar-refractivity contribution in [1.29, 1.82) is 0 Å². The Hall–Kier alpha value is -2.34. The quantitative estimate of drug-likeness (QED) is 0.847. The van der Waals surface area contributed by atoms with Crippen molar-refractivity contribution in [3.8, 4) is 5.75 Å². The molecule has 2 heterocycles. The average molecular weight is 367 g/mol. The number of ether oxygens (including phenoxy) is 1. The van der Waals surface area contributed by atoms with Gasteiger partial charge in [0.1, 0.15) is 17.9 Å². The largest absolute Gasteiger partial charge is 0.497 e. The van der Waals surface area contributed by atoms with Crippen molar-refractivity contribution in [2.45, 2.75) is 25.7 Å². The molecule has 6 heteroatoms. The van der Waals surface area contributed by atoms with Gasteiger partial charge in [-0.25, -0.2) is 9.97 Å². The van der Waals surface area contributed by atoms with Gasteiger partial charge >= 0.3 is 0 Å². The molecule has 0 atom stereocenters. The number of piperazine rings is 1. The van der Waals surface area contributed by atoms with Crippen LogP contribution < -0.4 is 15.0 Å². The predicted molar refractivity (Wildman–Crippen MR) is 109 cm³/mol. The average Bonchev–Trinajstić information content (AvgIpc) is 2.74. The van der Waals surface area contributed by atoms with Crippen LogP contribution in [0.15, 0.2) is 30.6 Å². The monoisotopic (exact) mass is 367 g/mol. The lowest BCUT2D eigenvalue weighted by atomic mass is 9.96. The maximum Gasteiger partial charge on any atom is 0.132 e. The van der Waals surface area contributed by atoms with Gasteiger partial charge in [-0.15, -0.1) is 0 Å². The second-order valence-corrected chi connectivity index (χ2v) is 7.31. The summed E-state index contributed by atoms with van der Waals surface area (Å²) in [7, 11) is 1.71. The molecular formula is C21H29N5O. The number of fused-ring (bicyclic) bond motifs is 1. The summed E-state index contributed by atoms with van der Waals surface area (Å²) in [6, 6.07) is 8.37. The minimum atomic E-state index is 0.912. The standard InChI is InChI=1S/C21H29N5O/c1-27-18-8-6-17(7-9-18)26-14-12-25(13-15-26)11-10-22-21-19-4-2-3-5-20(19)23-16-24-21/h6-9,16H,2-5,10-15H2,1H3,(H,22,23,24). The van der Waals surface area contributed by atoms with E-state index >= 15 is 0 Å². The molecule has 144 valence electrons. The van der Waals surface area contributed by atoms with Crippen LogP contribution in [0.1, 0.15) is 24.1 Å². The van der Waals surface area contributed by atoms with Crippen LogP contribution in [0.3, 0.4) is 0 Å². The summed E-state index contributed by atoms with van der Waals surface area (Å²) < 4.78 is 5.25. The van der Waals surface area contributed by atoms with Gasteiger partial charge in [-0.05, 0) is 49.9 Å². The molecule has 27 heavy (non-hydrogen) atoms. The van der Waals surface area contributed by atoms with E-state index in [1.807, 2.05) is 12.1 Å². The first-order valence-corrected chi connectivity index (χ1v) is 10.0. The molecule has 4 rings (SSSR count). The number of rotatable bonds is 6.